The zero-order valence-corrected chi connectivity index (χ0v) is 17.6. The lowest BCUT2D eigenvalue weighted by Crippen LogP contribution is -2.23. The van der Waals surface area contributed by atoms with E-state index in [1.807, 2.05) is 43.3 Å². The molecule has 0 aliphatic heterocycles. The van der Waals surface area contributed by atoms with Gasteiger partial charge in [0.25, 0.3) is 0 Å². The van der Waals surface area contributed by atoms with Gasteiger partial charge < -0.3 is 19.7 Å². The van der Waals surface area contributed by atoms with Crippen LogP contribution >= 0.6 is 0 Å². The summed E-state index contributed by atoms with van der Waals surface area (Å²) < 4.78 is 10.7. The third-order valence-corrected chi connectivity index (χ3v) is 4.46. The Labute approximate surface area is 172 Å². The molecule has 6 nitrogen and oxygen atoms in total. The maximum absolute atomic E-state index is 12.9. The molecule has 1 N–H and O–H groups in total. The molecule has 154 valence electrons. The molecule has 2 aromatic carbocycles. The highest BCUT2D eigenvalue weighted by atomic mass is 16.5. The van der Waals surface area contributed by atoms with Crippen molar-refractivity contribution in [2.24, 2.45) is 0 Å². The molecule has 0 fully saturated rings. The molecular formula is C23H28N2O4. The first-order valence-electron chi connectivity index (χ1n) is 9.34. The van der Waals surface area contributed by atoms with Crippen molar-refractivity contribution in [2.45, 2.75) is 13.3 Å². The molecule has 0 aliphatic carbocycles. The first kappa shape index (κ1) is 22.0. The lowest BCUT2D eigenvalue weighted by atomic mass is 9.99. The predicted molar refractivity (Wildman–Crippen MR) is 116 cm³/mol. The summed E-state index contributed by atoms with van der Waals surface area (Å²) in [7, 11) is 7.03. The van der Waals surface area contributed by atoms with E-state index in [1.54, 1.807) is 31.4 Å². The molecular weight excluding hydrogens is 368 g/mol. The molecule has 0 unspecified atom stereocenters. The Bertz CT molecular complexity index is 904. The maximum atomic E-state index is 12.9. The van der Waals surface area contributed by atoms with Crippen molar-refractivity contribution in [2.75, 3.05) is 39.8 Å². The van der Waals surface area contributed by atoms with Gasteiger partial charge in [-0.1, -0.05) is 18.2 Å². The Morgan fingerprint density at radius 3 is 2.38 bits per heavy atom. The van der Waals surface area contributed by atoms with Gasteiger partial charge in [-0.15, -0.1) is 0 Å². The van der Waals surface area contributed by atoms with Crippen LogP contribution in [0.3, 0.4) is 0 Å². The van der Waals surface area contributed by atoms with E-state index in [1.165, 1.54) is 14.0 Å². The number of hydrogen-bond acceptors (Lipinski definition) is 5. The molecule has 0 bridgehead atoms. The van der Waals surface area contributed by atoms with Crippen LogP contribution in [0.5, 0.6) is 11.5 Å². The molecule has 0 heterocycles. The van der Waals surface area contributed by atoms with E-state index < -0.39 is 0 Å². The minimum atomic E-state index is -0.140. The summed E-state index contributed by atoms with van der Waals surface area (Å²) >= 11 is 0. The number of carbonyl (C=O) groups excluding carboxylic acids is 2. The van der Waals surface area contributed by atoms with Gasteiger partial charge in [0.05, 0.1) is 14.2 Å². The standard InChI is InChI=1S/C23H28N2O4/c1-16(26)24-12-11-18-14-22(28-4)23(29-5)15-20(18)21(27)10-9-17-7-6-8-19(13-17)25(2)3/h6-10,13-15H,11-12H2,1-5H3,(H,24,26)/b10-9+. The number of nitrogens with one attached hydrogen (secondary N) is 1. The summed E-state index contributed by atoms with van der Waals surface area (Å²) in [5, 5.41) is 2.76. The molecule has 2 rings (SSSR count). The predicted octanol–water partition coefficient (Wildman–Crippen LogP) is 3.34. The van der Waals surface area contributed by atoms with Crippen LogP contribution in [0.1, 0.15) is 28.4 Å². The molecule has 29 heavy (non-hydrogen) atoms. The second-order valence-corrected chi connectivity index (χ2v) is 6.78. The Morgan fingerprint density at radius 2 is 1.76 bits per heavy atom. The van der Waals surface area contributed by atoms with E-state index in [-0.39, 0.29) is 11.7 Å². The second-order valence-electron chi connectivity index (χ2n) is 6.78. The van der Waals surface area contributed by atoms with Crippen LogP contribution in [-0.4, -0.2) is 46.6 Å². The number of ketones is 1. The van der Waals surface area contributed by atoms with Crippen molar-refractivity contribution in [1.29, 1.82) is 0 Å². The number of carbonyl (C=O) groups is 2. The second kappa shape index (κ2) is 10.3. The van der Waals surface area contributed by atoms with Crippen LogP contribution < -0.4 is 19.7 Å². The quantitative estimate of drug-likeness (QED) is 0.520. The number of anilines is 1. The van der Waals surface area contributed by atoms with Crippen molar-refractivity contribution in [3.8, 4) is 11.5 Å². The van der Waals surface area contributed by atoms with Gasteiger partial charge in [0, 0.05) is 38.8 Å². The van der Waals surface area contributed by atoms with Gasteiger partial charge >= 0.3 is 0 Å². The average Bonchev–Trinajstić information content (AvgIpc) is 2.71. The van der Waals surface area contributed by atoms with E-state index in [4.69, 9.17) is 9.47 Å². The number of benzene rings is 2. The fraction of sp³-hybridized carbons (Fsp3) is 0.304. The van der Waals surface area contributed by atoms with E-state index in [0.29, 0.717) is 30.0 Å². The highest BCUT2D eigenvalue weighted by Crippen LogP contribution is 2.31. The maximum Gasteiger partial charge on any atom is 0.216 e. The summed E-state index contributed by atoms with van der Waals surface area (Å²) in [6.45, 7) is 1.89. The smallest absolute Gasteiger partial charge is 0.216 e. The minimum absolute atomic E-state index is 0.112. The molecule has 0 atom stereocenters. The number of hydrogen-bond donors (Lipinski definition) is 1. The van der Waals surface area contributed by atoms with Crippen LogP contribution in [0.15, 0.2) is 42.5 Å². The van der Waals surface area contributed by atoms with Crippen LogP contribution in [0, 0.1) is 0 Å². The zero-order chi connectivity index (χ0) is 21.4. The fourth-order valence-electron chi connectivity index (χ4n) is 2.90. The van der Waals surface area contributed by atoms with Gasteiger partial charge in [0.2, 0.25) is 5.91 Å². The number of allylic oxidation sites excluding steroid dienone is 1. The van der Waals surface area contributed by atoms with Crippen molar-refractivity contribution < 1.29 is 19.1 Å². The highest BCUT2D eigenvalue weighted by Gasteiger charge is 2.15. The number of rotatable bonds is 9. The molecule has 6 heteroatoms. The van der Waals surface area contributed by atoms with Crippen molar-refractivity contribution in [3.63, 3.8) is 0 Å². The van der Waals surface area contributed by atoms with Crippen LogP contribution in [0.25, 0.3) is 6.08 Å². The average molecular weight is 396 g/mol. The number of amides is 1. The molecule has 0 saturated heterocycles. The summed E-state index contributed by atoms with van der Waals surface area (Å²) in [4.78, 5) is 26.1. The van der Waals surface area contributed by atoms with E-state index in [9.17, 15) is 9.59 Å². The summed E-state index contributed by atoms with van der Waals surface area (Å²) in [5.41, 5.74) is 3.30. The summed E-state index contributed by atoms with van der Waals surface area (Å²) in [6, 6.07) is 11.4. The van der Waals surface area contributed by atoms with Gasteiger partial charge in [-0.3, -0.25) is 9.59 Å². The topological polar surface area (TPSA) is 67.9 Å². The molecule has 0 saturated carbocycles. The van der Waals surface area contributed by atoms with Gasteiger partial charge in [0.1, 0.15) is 0 Å². The Hall–Kier alpha value is -3.28. The Balaban J connectivity index is 2.33. The molecule has 2 aromatic rings. The van der Waals surface area contributed by atoms with Crippen molar-refractivity contribution in [1.82, 2.24) is 5.32 Å². The first-order chi connectivity index (χ1) is 13.8. The first-order valence-corrected chi connectivity index (χ1v) is 9.34. The monoisotopic (exact) mass is 396 g/mol. The SMILES string of the molecule is COc1cc(CCNC(C)=O)c(C(=O)/C=C/c2cccc(N(C)C)c2)cc1OC. The lowest BCUT2D eigenvalue weighted by molar-refractivity contribution is -0.118. The minimum Gasteiger partial charge on any atom is -0.493 e. The summed E-state index contributed by atoms with van der Waals surface area (Å²) in [6.07, 6.45) is 3.85. The third kappa shape index (κ3) is 6.10. The zero-order valence-electron chi connectivity index (χ0n) is 17.6. The van der Waals surface area contributed by atoms with E-state index in [0.717, 1.165) is 16.8 Å². The molecule has 0 spiro atoms. The Morgan fingerprint density at radius 1 is 1.07 bits per heavy atom. The number of methoxy groups -OCH3 is 2. The highest BCUT2D eigenvalue weighted by molar-refractivity contribution is 6.08. The summed E-state index contributed by atoms with van der Waals surface area (Å²) in [5.74, 6) is 0.782. The molecule has 0 aliphatic rings. The van der Waals surface area contributed by atoms with Crippen molar-refractivity contribution in [3.05, 3.63) is 59.2 Å². The third-order valence-electron chi connectivity index (χ3n) is 4.46. The van der Waals surface area contributed by atoms with Crippen LogP contribution in [-0.2, 0) is 11.2 Å². The van der Waals surface area contributed by atoms with Gasteiger partial charge in [-0.25, -0.2) is 0 Å². The fourth-order valence-corrected chi connectivity index (χ4v) is 2.90. The molecule has 0 aromatic heterocycles. The lowest BCUT2D eigenvalue weighted by Gasteiger charge is -2.14. The number of nitrogens with zero attached hydrogens (tertiary/aromatic N) is 1. The largest absolute Gasteiger partial charge is 0.493 e. The molecule has 0 radical (unpaired) electrons. The van der Waals surface area contributed by atoms with Gasteiger partial charge in [-0.2, -0.15) is 0 Å². The Kier molecular flexibility index (Phi) is 7.83. The molecule has 1 amide bonds. The van der Waals surface area contributed by atoms with E-state index in [2.05, 4.69) is 5.32 Å². The van der Waals surface area contributed by atoms with Crippen LogP contribution in [0.4, 0.5) is 5.69 Å². The van der Waals surface area contributed by atoms with Crippen molar-refractivity contribution >= 4 is 23.5 Å². The van der Waals surface area contributed by atoms with E-state index >= 15 is 0 Å². The normalized spacial score (nSPS) is 10.7. The van der Waals surface area contributed by atoms with Crippen LogP contribution in [0.2, 0.25) is 0 Å². The number of ether oxygens (including phenoxy) is 2. The van der Waals surface area contributed by atoms with Gasteiger partial charge in [0.15, 0.2) is 17.3 Å². The van der Waals surface area contributed by atoms with Gasteiger partial charge in [-0.05, 0) is 47.9 Å².